The number of fused-ring (bicyclic) bond motifs is 3. The van der Waals surface area contributed by atoms with Crippen LogP contribution in [0.4, 0.5) is 5.69 Å². The van der Waals surface area contributed by atoms with Gasteiger partial charge in [0.05, 0.1) is 11.0 Å². The molecule has 5 heteroatoms. The second-order valence-electron chi connectivity index (χ2n) is 8.35. The number of nitrogens with zero attached hydrogens (tertiary/aromatic N) is 1. The summed E-state index contributed by atoms with van der Waals surface area (Å²) in [6, 6.07) is 15.3. The average molecular weight is 402 g/mol. The molecule has 0 fully saturated rings. The van der Waals surface area contributed by atoms with Gasteiger partial charge < -0.3 is 9.84 Å². The van der Waals surface area contributed by atoms with Gasteiger partial charge in [0.1, 0.15) is 12.8 Å². The van der Waals surface area contributed by atoms with Crippen molar-refractivity contribution in [3.05, 3.63) is 70.8 Å². The molecule has 3 aromatic rings. The first-order valence-electron chi connectivity index (χ1n) is 9.83. The lowest BCUT2D eigenvalue weighted by molar-refractivity contribution is -0.402. The second-order valence-corrected chi connectivity index (χ2v) is 8.35. The van der Waals surface area contributed by atoms with Crippen molar-refractivity contribution in [2.24, 2.45) is 0 Å². The standard InChI is InChI=1S/C25H23NO4/c1-14-12-17(23(27)28)13-15(2)21(14)30-24(29)22-25(3,4)20-18-9-7-6-8-16(18)10-11-19(20)26(22)5/h6-13H,1-5H3/p+1. The molecule has 5 nitrogen and oxygen atoms in total. The molecule has 0 aliphatic carbocycles. The van der Waals surface area contributed by atoms with E-state index in [-0.39, 0.29) is 5.56 Å². The van der Waals surface area contributed by atoms with E-state index in [0.29, 0.717) is 22.6 Å². The van der Waals surface area contributed by atoms with Crippen molar-refractivity contribution in [1.29, 1.82) is 0 Å². The van der Waals surface area contributed by atoms with E-state index in [4.69, 9.17) is 4.74 Å². The Hall–Kier alpha value is -3.47. The van der Waals surface area contributed by atoms with Crippen molar-refractivity contribution >= 4 is 34.1 Å². The van der Waals surface area contributed by atoms with E-state index in [9.17, 15) is 14.7 Å². The number of carboxylic acid groups (broad SMARTS) is 1. The molecule has 0 unspecified atom stereocenters. The number of hydrogen-bond acceptors (Lipinski definition) is 3. The molecule has 152 valence electrons. The minimum Gasteiger partial charge on any atom is -0.478 e. The average Bonchev–Trinajstić information content (AvgIpc) is 2.90. The first kappa shape index (κ1) is 19.8. The molecule has 4 rings (SSSR count). The molecule has 1 aliphatic heterocycles. The van der Waals surface area contributed by atoms with E-state index in [0.717, 1.165) is 22.0 Å². The Morgan fingerprint density at radius 3 is 2.27 bits per heavy atom. The molecule has 3 aromatic carbocycles. The molecule has 0 amide bonds. The van der Waals surface area contributed by atoms with Gasteiger partial charge in [-0.15, -0.1) is 0 Å². The predicted molar refractivity (Wildman–Crippen MR) is 116 cm³/mol. The topological polar surface area (TPSA) is 66.6 Å². The summed E-state index contributed by atoms with van der Waals surface area (Å²) >= 11 is 0. The molecule has 0 atom stereocenters. The zero-order valence-electron chi connectivity index (χ0n) is 17.7. The third-order valence-corrected chi connectivity index (χ3v) is 5.92. The number of carbonyl (C=O) groups excluding carboxylic acids is 1. The SMILES string of the molecule is Cc1cc(C(=O)O)cc(C)c1OC(=O)C1=[N+](C)c2ccc3ccccc3c2C1(C)C. The summed E-state index contributed by atoms with van der Waals surface area (Å²) in [5, 5.41) is 11.5. The Bertz CT molecular complexity index is 1240. The minimum atomic E-state index is -1.01. The molecule has 0 aromatic heterocycles. The lowest BCUT2D eigenvalue weighted by Gasteiger charge is -2.19. The van der Waals surface area contributed by atoms with E-state index in [1.54, 1.807) is 13.8 Å². The summed E-state index contributed by atoms with van der Waals surface area (Å²) in [6.07, 6.45) is 0. The lowest BCUT2D eigenvalue weighted by Crippen LogP contribution is -2.38. The van der Waals surface area contributed by atoms with Gasteiger partial charge in [0, 0.05) is 11.6 Å². The molecule has 1 aliphatic rings. The number of ether oxygens (including phenoxy) is 1. The Morgan fingerprint density at radius 2 is 1.63 bits per heavy atom. The van der Waals surface area contributed by atoms with E-state index < -0.39 is 17.4 Å². The maximum atomic E-state index is 13.4. The van der Waals surface area contributed by atoms with Gasteiger partial charge in [-0.25, -0.2) is 9.59 Å². The maximum Gasteiger partial charge on any atom is 0.405 e. The summed E-state index contributed by atoms with van der Waals surface area (Å²) in [7, 11) is 1.88. The highest BCUT2D eigenvalue weighted by Gasteiger charge is 2.50. The first-order valence-corrected chi connectivity index (χ1v) is 9.83. The minimum absolute atomic E-state index is 0.176. The number of hydrogen-bond donors (Lipinski definition) is 1. The Labute approximate surface area is 175 Å². The summed E-state index contributed by atoms with van der Waals surface area (Å²) in [4.78, 5) is 24.6. The molecule has 30 heavy (non-hydrogen) atoms. The summed E-state index contributed by atoms with van der Waals surface area (Å²) in [6.45, 7) is 7.56. The number of aromatic carboxylic acids is 1. The van der Waals surface area contributed by atoms with Crippen LogP contribution in [0.5, 0.6) is 5.75 Å². The predicted octanol–water partition coefficient (Wildman–Crippen LogP) is 4.77. The molecular weight excluding hydrogens is 378 g/mol. The normalized spacial score (nSPS) is 14.7. The van der Waals surface area contributed by atoms with Gasteiger partial charge in [0.15, 0.2) is 0 Å². The summed E-state index contributed by atoms with van der Waals surface area (Å²) in [5.41, 5.74) is 3.49. The van der Waals surface area contributed by atoms with Crippen molar-refractivity contribution in [2.45, 2.75) is 33.1 Å². The molecule has 1 N–H and O–H groups in total. The van der Waals surface area contributed by atoms with Crippen molar-refractivity contribution in [3.63, 3.8) is 0 Å². The second kappa shape index (κ2) is 6.80. The summed E-state index contributed by atoms with van der Waals surface area (Å²) in [5.74, 6) is -1.04. The van der Waals surface area contributed by atoms with Crippen LogP contribution in [0.25, 0.3) is 10.8 Å². The molecule has 1 heterocycles. The summed E-state index contributed by atoms with van der Waals surface area (Å²) < 4.78 is 7.74. The van der Waals surface area contributed by atoms with Gasteiger partial charge in [-0.2, -0.15) is 4.58 Å². The smallest absolute Gasteiger partial charge is 0.405 e. The van der Waals surface area contributed by atoms with Gasteiger partial charge in [-0.05, 0) is 67.8 Å². The lowest BCUT2D eigenvalue weighted by atomic mass is 9.79. The number of carboxylic acids is 1. The molecule has 0 saturated carbocycles. The highest BCUT2D eigenvalue weighted by atomic mass is 16.5. The Morgan fingerprint density at radius 1 is 1.00 bits per heavy atom. The van der Waals surface area contributed by atoms with Crippen LogP contribution in [0.1, 0.15) is 40.9 Å². The fourth-order valence-corrected chi connectivity index (χ4v) is 4.62. The van der Waals surface area contributed by atoms with Crippen LogP contribution in [-0.2, 0) is 10.2 Å². The third kappa shape index (κ3) is 2.89. The van der Waals surface area contributed by atoms with Crippen LogP contribution in [0.3, 0.4) is 0 Å². The van der Waals surface area contributed by atoms with Crippen molar-refractivity contribution in [3.8, 4) is 5.75 Å². The van der Waals surface area contributed by atoms with Gasteiger partial charge in [0.25, 0.3) is 5.71 Å². The monoisotopic (exact) mass is 402 g/mol. The van der Waals surface area contributed by atoms with Crippen molar-refractivity contribution < 1.29 is 24.0 Å². The van der Waals surface area contributed by atoms with Gasteiger partial charge in [-0.3, -0.25) is 0 Å². The van der Waals surface area contributed by atoms with Crippen molar-refractivity contribution in [1.82, 2.24) is 0 Å². The van der Waals surface area contributed by atoms with Gasteiger partial charge in [-0.1, -0.05) is 24.3 Å². The third-order valence-electron chi connectivity index (χ3n) is 5.92. The number of esters is 1. The Balaban J connectivity index is 1.78. The first-order chi connectivity index (χ1) is 14.1. The quantitative estimate of drug-likeness (QED) is 0.389. The highest BCUT2D eigenvalue weighted by molar-refractivity contribution is 6.40. The molecular formula is C25H24NO4+. The largest absolute Gasteiger partial charge is 0.478 e. The number of carbonyl (C=O) groups is 2. The molecule has 0 spiro atoms. The molecule has 0 radical (unpaired) electrons. The molecule has 0 saturated heterocycles. The van der Waals surface area contributed by atoms with Gasteiger partial charge in [0.2, 0.25) is 5.69 Å². The van der Waals surface area contributed by atoms with Crippen LogP contribution in [0.15, 0.2) is 48.5 Å². The van der Waals surface area contributed by atoms with Crippen LogP contribution < -0.4 is 4.74 Å². The van der Waals surface area contributed by atoms with Gasteiger partial charge >= 0.3 is 11.9 Å². The van der Waals surface area contributed by atoms with E-state index in [1.807, 2.05) is 43.7 Å². The van der Waals surface area contributed by atoms with Crippen molar-refractivity contribution in [2.75, 3.05) is 7.05 Å². The highest BCUT2D eigenvalue weighted by Crippen LogP contribution is 2.43. The van der Waals surface area contributed by atoms with Crippen LogP contribution in [-0.4, -0.2) is 34.4 Å². The number of benzene rings is 3. The number of aryl methyl sites for hydroxylation is 2. The van der Waals surface area contributed by atoms with E-state index in [2.05, 4.69) is 18.2 Å². The van der Waals surface area contributed by atoms with E-state index >= 15 is 0 Å². The number of rotatable bonds is 3. The van der Waals surface area contributed by atoms with Crippen LogP contribution in [0.2, 0.25) is 0 Å². The Kier molecular flexibility index (Phi) is 4.49. The molecule has 0 bridgehead atoms. The fraction of sp³-hybridized carbons (Fsp3) is 0.240. The van der Waals surface area contributed by atoms with Crippen LogP contribution in [0, 0.1) is 13.8 Å². The zero-order valence-corrected chi connectivity index (χ0v) is 17.7. The van der Waals surface area contributed by atoms with Crippen LogP contribution >= 0.6 is 0 Å². The maximum absolute atomic E-state index is 13.4. The zero-order chi connectivity index (χ0) is 21.8. The fourth-order valence-electron chi connectivity index (χ4n) is 4.62. The van der Waals surface area contributed by atoms with E-state index in [1.165, 1.54) is 12.1 Å².